The highest BCUT2D eigenvalue weighted by Gasteiger charge is 2.39. The number of nitrogens with zero attached hydrogens (tertiary/aromatic N) is 1. The minimum atomic E-state index is -0.179. The van der Waals surface area contributed by atoms with Crippen molar-refractivity contribution in [3.63, 3.8) is 0 Å². The monoisotopic (exact) mass is 347 g/mol. The minimum Gasteiger partial charge on any atom is -0.393 e. The van der Waals surface area contributed by atoms with E-state index in [-0.39, 0.29) is 23.7 Å². The average molecular weight is 347 g/mol. The molecule has 1 N–H and O–H groups in total. The zero-order chi connectivity index (χ0) is 17.9. The molecule has 1 aromatic carbocycles. The van der Waals surface area contributed by atoms with Gasteiger partial charge in [-0.3, -0.25) is 4.79 Å². The van der Waals surface area contributed by atoms with Crippen molar-refractivity contribution in [1.82, 2.24) is 4.90 Å². The standard InChI is InChI=1S/C21H30FNO2/c1-16(6-7-17-4-2-3-5-19(17)22)20(25)23-14-12-21(13-15-23)10-8-18(24)9-11-21/h2-5,16,18,24H,6-15H2,1H3. The van der Waals surface area contributed by atoms with Crippen molar-refractivity contribution in [1.29, 1.82) is 0 Å². The fourth-order valence-electron chi connectivity index (χ4n) is 4.42. The van der Waals surface area contributed by atoms with Gasteiger partial charge >= 0.3 is 0 Å². The molecule has 25 heavy (non-hydrogen) atoms. The molecule has 0 bridgehead atoms. The Labute approximate surface area is 150 Å². The SMILES string of the molecule is CC(CCc1ccccc1F)C(=O)N1CCC2(CCC(O)CC2)CC1. The summed E-state index contributed by atoms with van der Waals surface area (Å²) in [5.74, 6) is -0.0367. The van der Waals surface area contributed by atoms with Crippen LogP contribution in [0.4, 0.5) is 4.39 Å². The number of aliphatic hydroxyl groups excluding tert-OH is 1. The minimum absolute atomic E-state index is 0.0677. The van der Waals surface area contributed by atoms with E-state index in [1.54, 1.807) is 12.1 Å². The summed E-state index contributed by atoms with van der Waals surface area (Å²) in [6, 6.07) is 6.82. The first-order chi connectivity index (χ1) is 12.0. The second kappa shape index (κ2) is 7.86. The quantitative estimate of drug-likeness (QED) is 0.896. The van der Waals surface area contributed by atoms with Crippen LogP contribution in [0.1, 0.15) is 57.4 Å². The highest BCUT2D eigenvalue weighted by Crippen LogP contribution is 2.44. The molecule has 0 radical (unpaired) electrons. The van der Waals surface area contributed by atoms with E-state index in [1.165, 1.54) is 6.07 Å². The van der Waals surface area contributed by atoms with Crippen molar-refractivity contribution in [2.24, 2.45) is 11.3 Å². The number of carbonyl (C=O) groups excluding carboxylic acids is 1. The summed E-state index contributed by atoms with van der Waals surface area (Å²) in [5, 5.41) is 9.72. The molecule has 4 heteroatoms. The van der Waals surface area contributed by atoms with E-state index < -0.39 is 0 Å². The van der Waals surface area contributed by atoms with Crippen molar-refractivity contribution in [2.45, 2.75) is 64.4 Å². The molecule has 1 spiro atoms. The van der Waals surface area contributed by atoms with Gasteiger partial charge in [0.15, 0.2) is 0 Å². The number of likely N-dealkylation sites (tertiary alicyclic amines) is 1. The van der Waals surface area contributed by atoms with Crippen molar-refractivity contribution in [3.8, 4) is 0 Å². The molecule has 3 nitrogen and oxygen atoms in total. The number of aliphatic hydroxyl groups is 1. The molecule has 138 valence electrons. The fourth-order valence-corrected chi connectivity index (χ4v) is 4.42. The molecule has 1 unspecified atom stereocenters. The van der Waals surface area contributed by atoms with E-state index in [2.05, 4.69) is 0 Å². The zero-order valence-corrected chi connectivity index (χ0v) is 15.2. The Morgan fingerprint density at radius 1 is 1.24 bits per heavy atom. The number of halogens is 1. The molecule has 1 amide bonds. The van der Waals surface area contributed by atoms with Crippen LogP contribution in [0.3, 0.4) is 0 Å². The third-order valence-electron chi connectivity index (χ3n) is 6.38. The van der Waals surface area contributed by atoms with Crippen LogP contribution < -0.4 is 0 Å². The lowest BCUT2D eigenvalue weighted by Crippen LogP contribution is -2.46. The highest BCUT2D eigenvalue weighted by molar-refractivity contribution is 5.78. The molecule has 1 aliphatic carbocycles. The molecule has 1 saturated carbocycles. The Kier molecular flexibility index (Phi) is 5.78. The molecule has 1 heterocycles. The summed E-state index contributed by atoms with van der Waals surface area (Å²) >= 11 is 0. The van der Waals surface area contributed by atoms with Gasteiger partial charge in [-0.05, 0) is 68.4 Å². The predicted molar refractivity (Wildman–Crippen MR) is 96.6 cm³/mol. The lowest BCUT2D eigenvalue weighted by Gasteiger charge is -2.45. The Balaban J connectivity index is 1.48. The van der Waals surface area contributed by atoms with Gasteiger partial charge in [0.25, 0.3) is 0 Å². The number of hydrogen-bond acceptors (Lipinski definition) is 2. The summed E-state index contributed by atoms with van der Waals surface area (Å²) in [6.45, 7) is 3.63. The van der Waals surface area contributed by atoms with Crippen molar-refractivity contribution < 1.29 is 14.3 Å². The maximum atomic E-state index is 13.7. The molecule has 1 atom stereocenters. The number of amides is 1. The van der Waals surface area contributed by atoms with Gasteiger partial charge in [-0.1, -0.05) is 25.1 Å². The van der Waals surface area contributed by atoms with E-state index in [4.69, 9.17) is 0 Å². The maximum Gasteiger partial charge on any atom is 0.225 e. The summed E-state index contributed by atoms with van der Waals surface area (Å²) in [6.07, 6.45) is 7.31. The number of benzene rings is 1. The van der Waals surface area contributed by atoms with Crippen LogP contribution in [0.25, 0.3) is 0 Å². The predicted octanol–water partition coefficient (Wildman–Crippen LogP) is 3.94. The van der Waals surface area contributed by atoms with Crippen LogP contribution in [0.5, 0.6) is 0 Å². The van der Waals surface area contributed by atoms with E-state index >= 15 is 0 Å². The van der Waals surface area contributed by atoms with Crippen molar-refractivity contribution >= 4 is 5.91 Å². The van der Waals surface area contributed by atoms with E-state index in [0.717, 1.165) is 51.6 Å². The van der Waals surface area contributed by atoms with Gasteiger partial charge in [-0.15, -0.1) is 0 Å². The Morgan fingerprint density at radius 2 is 1.88 bits per heavy atom. The van der Waals surface area contributed by atoms with Gasteiger partial charge in [0.05, 0.1) is 6.10 Å². The lowest BCUT2D eigenvalue weighted by molar-refractivity contribution is -0.138. The van der Waals surface area contributed by atoms with Crippen molar-refractivity contribution in [3.05, 3.63) is 35.6 Å². The third-order valence-corrected chi connectivity index (χ3v) is 6.38. The zero-order valence-electron chi connectivity index (χ0n) is 15.2. The van der Waals surface area contributed by atoms with Gasteiger partial charge in [-0.25, -0.2) is 4.39 Å². The van der Waals surface area contributed by atoms with Crippen LogP contribution in [-0.2, 0) is 11.2 Å². The third kappa shape index (κ3) is 4.41. The number of piperidine rings is 1. The molecule has 1 saturated heterocycles. The average Bonchev–Trinajstić information content (AvgIpc) is 2.63. The van der Waals surface area contributed by atoms with E-state index in [0.29, 0.717) is 23.8 Å². The topological polar surface area (TPSA) is 40.5 Å². The smallest absolute Gasteiger partial charge is 0.225 e. The highest BCUT2D eigenvalue weighted by atomic mass is 19.1. The normalized spacial score (nSPS) is 22.1. The number of aryl methyl sites for hydroxylation is 1. The lowest BCUT2D eigenvalue weighted by atomic mass is 9.67. The molecule has 2 aliphatic rings. The van der Waals surface area contributed by atoms with Crippen LogP contribution in [0.15, 0.2) is 24.3 Å². The first-order valence-electron chi connectivity index (χ1n) is 9.69. The van der Waals surface area contributed by atoms with Gasteiger partial charge in [0.2, 0.25) is 5.91 Å². The summed E-state index contributed by atoms with van der Waals surface area (Å²) in [7, 11) is 0. The van der Waals surface area contributed by atoms with Crippen molar-refractivity contribution in [2.75, 3.05) is 13.1 Å². The summed E-state index contributed by atoms with van der Waals surface area (Å²) < 4.78 is 13.7. The Morgan fingerprint density at radius 3 is 2.52 bits per heavy atom. The molecule has 0 aromatic heterocycles. The molecular weight excluding hydrogens is 317 g/mol. The largest absolute Gasteiger partial charge is 0.393 e. The molecule has 1 aromatic rings. The van der Waals surface area contributed by atoms with Gasteiger partial charge in [0.1, 0.15) is 5.82 Å². The molecule has 3 rings (SSSR count). The second-order valence-corrected chi connectivity index (χ2v) is 8.09. The van der Waals surface area contributed by atoms with Gasteiger partial charge in [0, 0.05) is 19.0 Å². The Hall–Kier alpha value is -1.42. The number of rotatable bonds is 4. The van der Waals surface area contributed by atoms with Crippen LogP contribution in [0, 0.1) is 17.2 Å². The van der Waals surface area contributed by atoms with E-state index in [1.807, 2.05) is 17.9 Å². The molecular formula is C21H30FNO2. The number of carbonyl (C=O) groups is 1. The first kappa shape index (κ1) is 18.4. The first-order valence-corrected chi connectivity index (χ1v) is 9.69. The fraction of sp³-hybridized carbons (Fsp3) is 0.667. The summed E-state index contributed by atoms with van der Waals surface area (Å²) in [5.41, 5.74) is 1.05. The van der Waals surface area contributed by atoms with Crippen LogP contribution in [-0.4, -0.2) is 35.1 Å². The number of hydrogen-bond donors (Lipinski definition) is 1. The second-order valence-electron chi connectivity index (χ2n) is 8.09. The summed E-state index contributed by atoms with van der Waals surface area (Å²) in [4.78, 5) is 14.7. The van der Waals surface area contributed by atoms with Gasteiger partial charge in [-0.2, -0.15) is 0 Å². The van der Waals surface area contributed by atoms with Gasteiger partial charge < -0.3 is 10.0 Å². The molecule has 1 aliphatic heterocycles. The molecule has 2 fully saturated rings. The van der Waals surface area contributed by atoms with E-state index in [9.17, 15) is 14.3 Å². The Bertz CT molecular complexity index is 585. The van der Waals surface area contributed by atoms with Crippen LogP contribution >= 0.6 is 0 Å². The van der Waals surface area contributed by atoms with Crippen LogP contribution in [0.2, 0.25) is 0 Å². The maximum absolute atomic E-state index is 13.7.